The van der Waals surface area contributed by atoms with E-state index >= 15 is 0 Å². The maximum Gasteiger partial charge on any atom is 0.207 e. The van der Waals surface area contributed by atoms with Crippen molar-refractivity contribution in [2.24, 2.45) is 0 Å². The molecule has 1 fully saturated rings. The summed E-state index contributed by atoms with van der Waals surface area (Å²) in [6.45, 7) is 1.73. The van der Waals surface area contributed by atoms with Gasteiger partial charge in [-0.1, -0.05) is 17.7 Å². The number of anilines is 1. The molecule has 1 aliphatic rings. The van der Waals surface area contributed by atoms with E-state index in [2.05, 4.69) is 15.8 Å². The number of carbonyl (C=O) groups is 1. The Morgan fingerprint density at radius 3 is 3.12 bits per heavy atom. The molecular formula is C11H14ClN3O. The molecule has 86 valence electrons. The van der Waals surface area contributed by atoms with Crippen LogP contribution in [-0.4, -0.2) is 30.6 Å². The number of rotatable bonds is 4. The Bertz CT molecular complexity index is 372. The summed E-state index contributed by atoms with van der Waals surface area (Å²) in [5.41, 5.74) is 4.23. The van der Waals surface area contributed by atoms with Gasteiger partial charge in [0.25, 0.3) is 0 Å². The molecular weight excluding hydrogens is 226 g/mol. The van der Waals surface area contributed by atoms with Gasteiger partial charge in [0.2, 0.25) is 6.41 Å². The lowest BCUT2D eigenvalue weighted by atomic mass is 10.3. The van der Waals surface area contributed by atoms with Gasteiger partial charge in [0.15, 0.2) is 0 Å². The average molecular weight is 240 g/mol. The van der Waals surface area contributed by atoms with E-state index in [1.54, 1.807) is 0 Å². The fourth-order valence-electron chi connectivity index (χ4n) is 1.83. The molecule has 0 aliphatic carbocycles. The Hall–Kier alpha value is -1.26. The standard InChI is InChI=1S/C11H14ClN3O/c12-9-2-1-3-10(6-9)14-15-5-4-11(7-15)13-8-16/h1-3,6,8,11,14H,4-5,7H2,(H,13,16). The lowest BCUT2D eigenvalue weighted by molar-refractivity contribution is -0.110. The molecule has 2 N–H and O–H groups in total. The van der Waals surface area contributed by atoms with Gasteiger partial charge in [0, 0.05) is 24.2 Å². The molecule has 1 aromatic rings. The Kier molecular flexibility index (Phi) is 3.64. The summed E-state index contributed by atoms with van der Waals surface area (Å²) in [5.74, 6) is 0. The zero-order valence-corrected chi connectivity index (χ0v) is 9.57. The van der Waals surface area contributed by atoms with Gasteiger partial charge in [-0.3, -0.25) is 4.79 Å². The summed E-state index contributed by atoms with van der Waals surface area (Å²) in [6.07, 6.45) is 1.72. The summed E-state index contributed by atoms with van der Waals surface area (Å²) < 4.78 is 0. The monoisotopic (exact) mass is 239 g/mol. The van der Waals surface area contributed by atoms with E-state index in [-0.39, 0.29) is 6.04 Å². The number of carbonyl (C=O) groups excluding carboxylic acids is 1. The van der Waals surface area contributed by atoms with Gasteiger partial charge in [-0.15, -0.1) is 0 Å². The first-order valence-electron chi connectivity index (χ1n) is 5.25. The minimum absolute atomic E-state index is 0.240. The first kappa shape index (κ1) is 11.2. The van der Waals surface area contributed by atoms with Crippen molar-refractivity contribution in [1.29, 1.82) is 0 Å². The second-order valence-electron chi connectivity index (χ2n) is 3.84. The van der Waals surface area contributed by atoms with E-state index in [4.69, 9.17) is 11.6 Å². The van der Waals surface area contributed by atoms with Gasteiger partial charge in [-0.25, -0.2) is 5.01 Å². The molecule has 0 saturated carbocycles. The number of nitrogens with one attached hydrogen (secondary N) is 2. The van der Waals surface area contributed by atoms with Gasteiger partial charge >= 0.3 is 0 Å². The molecule has 1 atom stereocenters. The summed E-state index contributed by atoms with van der Waals surface area (Å²) >= 11 is 5.89. The molecule has 2 rings (SSSR count). The summed E-state index contributed by atoms with van der Waals surface area (Å²) in [4.78, 5) is 10.3. The molecule has 1 unspecified atom stereocenters. The van der Waals surface area contributed by atoms with Gasteiger partial charge in [-0.05, 0) is 24.6 Å². The number of nitrogens with zero attached hydrogens (tertiary/aromatic N) is 1. The largest absolute Gasteiger partial charge is 0.355 e. The fraction of sp³-hybridized carbons (Fsp3) is 0.364. The molecule has 0 spiro atoms. The molecule has 0 radical (unpaired) electrons. The van der Waals surface area contributed by atoms with Gasteiger partial charge in [0.1, 0.15) is 0 Å². The molecule has 16 heavy (non-hydrogen) atoms. The zero-order chi connectivity index (χ0) is 11.4. The van der Waals surface area contributed by atoms with E-state index in [1.165, 1.54) is 0 Å². The second-order valence-corrected chi connectivity index (χ2v) is 4.27. The topological polar surface area (TPSA) is 44.4 Å². The van der Waals surface area contributed by atoms with Gasteiger partial charge < -0.3 is 10.7 Å². The Morgan fingerprint density at radius 1 is 1.50 bits per heavy atom. The molecule has 4 nitrogen and oxygen atoms in total. The van der Waals surface area contributed by atoms with Crippen LogP contribution in [0.25, 0.3) is 0 Å². The highest BCUT2D eigenvalue weighted by Gasteiger charge is 2.21. The summed E-state index contributed by atoms with van der Waals surface area (Å²) in [7, 11) is 0. The number of hydrogen-bond acceptors (Lipinski definition) is 3. The van der Waals surface area contributed by atoms with Crippen molar-refractivity contribution < 1.29 is 4.79 Å². The van der Waals surface area contributed by atoms with Crippen molar-refractivity contribution in [3.8, 4) is 0 Å². The van der Waals surface area contributed by atoms with Crippen molar-refractivity contribution in [2.45, 2.75) is 12.5 Å². The van der Waals surface area contributed by atoms with Crippen LogP contribution in [0.4, 0.5) is 5.69 Å². The predicted octanol–water partition coefficient (Wildman–Crippen LogP) is 1.49. The van der Waals surface area contributed by atoms with Gasteiger partial charge in [-0.2, -0.15) is 0 Å². The maximum absolute atomic E-state index is 10.3. The van der Waals surface area contributed by atoms with E-state index in [0.29, 0.717) is 5.02 Å². The van der Waals surface area contributed by atoms with Crippen LogP contribution in [-0.2, 0) is 4.79 Å². The summed E-state index contributed by atoms with van der Waals surface area (Å²) in [6, 6.07) is 7.83. The molecule has 1 heterocycles. The average Bonchev–Trinajstić information content (AvgIpc) is 2.66. The van der Waals surface area contributed by atoms with E-state index in [1.807, 2.05) is 24.3 Å². The first-order valence-corrected chi connectivity index (χ1v) is 5.62. The molecule has 0 aromatic heterocycles. The van der Waals surface area contributed by atoms with Crippen LogP contribution in [0.1, 0.15) is 6.42 Å². The first-order chi connectivity index (χ1) is 7.78. The minimum atomic E-state index is 0.240. The minimum Gasteiger partial charge on any atom is -0.355 e. The second kappa shape index (κ2) is 5.18. The van der Waals surface area contributed by atoms with Crippen molar-refractivity contribution in [1.82, 2.24) is 10.3 Å². The smallest absolute Gasteiger partial charge is 0.207 e. The number of halogens is 1. The fourth-order valence-corrected chi connectivity index (χ4v) is 2.02. The maximum atomic E-state index is 10.3. The Balaban J connectivity index is 1.89. The molecule has 1 aliphatic heterocycles. The van der Waals surface area contributed by atoms with Crippen LogP contribution in [0.15, 0.2) is 24.3 Å². The Labute approximate surface area is 99.5 Å². The van der Waals surface area contributed by atoms with Crippen LogP contribution in [0.3, 0.4) is 0 Å². The normalized spacial score (nSPS) is 20.7. The van der Waals surface area contributed by atoms with Crippen molar-refractivity contribution >= 4 is 23.7 Å². The summed E-state index contributed by atoms with van der Waals surface area (Å²) in [5, 5.41) is 5.57. The van der Waals surface area contributed by atoms with Crippen LogP contribution < -0.4 is 10.7 Å². The number of hydrogen-bond donors (Lipinski definition) is 2. The zero-order valence-electron chi connectivity index (χ0n) is 8.82. The number of benzene rings is 1. The van der Waals surface area contributed by atoms with E-state index in [0.717, 1.165) is 31.6 Å². The van der Waals surface area contributed by atoms with Crippen molar-refractivity contribution in [2.75, 3.05) is 18.5 Å². The van der Waals surface area contributed by atoms with Crippen LogP contribution >= 0.6 is 11.6 Å². The number of hydrazine groups is 1. The van der Waals surface area contributed by atoms with Crippen LogP contribution in [0.2, 0.25) is 5.02 Å². The highest BCUT2D eigenvalue weighted by atomic mass is 35.5. The third-order valence-electron chi connectivity index (χ3n) is 2.60. The van der Waals surface area contributed by atoms with E-state index < -0.39 is 0 Å². The van der Waals surface area contributed by atoms with Crippen LogP contribution in [0.5, 0.6) is 0 Å². The lowest BCUT2D eigenvalue weighted by Gasteiger charge is -2.18. The molecule has 0 bridgehead atoms. The highest BCUT2D eigenvalue weighted by Crippen LogP contribution is 2.17. The number of amides is 1. The molecule has 1 aromatic carbocycles. The van der Waals surface area contributed by atoms with Crippen molar-refractivity contribution in [3.05, 3.63) is 29.3 Å². The van der Waals surface area contributed by atoms with Crippen LogP contribution in [0, 0.1) is 0 Å². The highest BCUT2D eigenvalue weighted by molar-refractivity contribution is 6.30. The predicted molar refractivity (Wildman–Crippen MR) is 64.3 cm³/mol. The molecule has 5 heteroatoms. The Morgan fingerprint density at radius 2 is 2.38 bits per heavy atom. The van der Waals surface area contributed by atoms with Crippen molar-refractivity contribution in [3.63, 3.8) is 0 Å². The lowest BCUT2D eigenvalue weighted by Crippen LogP contribution is -2.33. The third-order valence-corrected chi connectivity index (χ3v) is 2.84. The quantitative estimate of drug-likeness (QED) is 0.783. The third kappa shape index (κ3) is 2.87. The van der Waals surface area contributed by atoms with Gasteiger partial charge in [0.05, 0.1) is 5.69 Å². The van der Waals surface area contributed by atoms with E-state index in [9.17, 15) is 4.79 Å². The molecule has 1 amide bonds. The molecule has 1 saturated heterocycles. The SMILES string of the molecule is O=CNC1CCN(Nc2cccc(Cl)c2)C1.